The van der Waals surface area contributed by atoms with E-state index in [1.165, 1.54) is 12.8 Å². The van der Waals surface area contributed by atoms with Crippen LogP contribution in [-0.2, 0) is 4.79 Å². The highest BCUT2D eigenvalue weighted by atomic mass is 16.4. The summed E-state index contributed by atoms with van der Waals surface area (Å²) >= 11 is 0. The summed E-state index contributed by atoms with van der Waals surface area (Å²) in [6.45, 7) is 3.21. The van der Waals surface area contributed by atoms with E-state index < -0.39 is 0 Å². The van der Waals surface area contributed by atoms with Gasteiger partial charge >= 0.3 is 0 Å². The first-order chi connectivity index (χ1) is 10.8. The number of oxazole rings is 1. The maximum Gasteiger partial charge on any atom is 0.300 e. The molecule has 2 aromatic rings. The van der Waals surface area contributed by atoms with Gasteiger partial charge in [0.1, 0.15) is 0 Å². The van der Waals surface area contributed by atoms with E-state index in [-0.39, 0.29) is 0 Å². The molecular weight excluding hydrogens is 280 g/mol. The second-order valence-electron chi connectivity index (χ2n) is 6.19. The van der Waals surface area contributed by atoms with Crippen molar-refractivity contribution in [3.63, 3.8) is 0 Å². The van der Waals surface area contributed by atoms with Crippen molar-refractivity contribution in [1.82, 2.24) is 14.9 Å². The maximum absolute atomic E-state index is 12.2. The first-order valence-electron chi connectivity index (χ1n) is 8.04. The number of hydrogen-bond acceptors (Lipinski definition) is 5. The van der Waals surface area contributed by atoms with Crippen molar-refractivity contribution in [2.24, 2.45) is 5.92 Å². The Kier molecular flexibility index (Phi) is 3.44. The molecule has 6 nitrogen and oxygen atoms in total. The smallest absolute Gasteiger partial charge is 0.300 e. The summed E-state index contributed by atoms with van der Waals surface area (Å²) in [6.07, 6.45) is 5.84. The molecule has 0 aromatic carbocycles. The molecule has 1 amide bonds. The molecule has 2 aromatic heterocycles. The van der Waals surface area contributed by atoms with Crippen molar-refractivity contribution in [2.75, 3.05) is 31.1 Å². The van der Waals surface area contributed by atoms with E-state index >= 15 is 0 Å². The highest BCUT2D eigenvalue weighted by molar-refractivity contribution is 5.77. The van der Waals surface area contributed by atoms with Gasteiger partial charge in [-0.05, 0) is 37.3 Å². The van der Waals surface area contributed by atoms with Crippen molar-refractivity contribution in [3.05, 3.63) is 18.3 Å². The lowest BCUT2D eigenvalue weighted by atomic mass is 10.2. The van der Waals surface area contributed by atoms with Crippen LogP contribution in [0.25, 0.3) is 11.2 Å². The van der Waals surface area contributed by atoms with E-state index in [2.05, 4.69) is 14.9 Å². The lowest BCUT2D eigenvalue weighted by Crippen LogP contribution is -2.35. The normalized spacial score (nSPS) is 19.5. The molecule has 0 N–H and O–H groups in total. The van der Waals surface area contributed by atoms with Crippen LogP contribution in [0, 0.1) is 5.92 Å². The summed E-state index contributed by atoms with van der Waals surface area (Å²) in [5, 5.41) is 0. The Morgan fingerprint density at radius 1 is 1.27 bits per heavy atom. The molecule has 0 spiro atoms. The molecule has 0 bridgehead atoms. The molecule has 0 radical (unpaired) electrons. The Balaban J connectivity index is 1.44. The number of rotatable bonds is 3. The van der Waals surface area contributed by atoms with Crippen LogP contribution < -0.4 is 4.90 Å². The molecule has 0 unspecified atom stereocenters. The van der Waals surface area contributed by atoms with Crippen molar-refractivity contribution < 1.29 is 9.21 Å². The predicted molar refractivity (Wildman–Crippen MR) is 82.6 cm³/mol. The summed E-state index contributed by atoms with van der Waals surface area (Å²) in [7, 11) is 0. The minimum Gasteiger partial charge on any atom is -0.422 e. The van der Waals surface area contributed by atoms with E-state index in [4.69, 9.17) is 4.42 Å². The van der Waals surface area contributed by atoms with Crippen LogP contribution in [0.15, 0.2) is 22.7 Å². The molecule has 116 valence electrons. The predicted octanol–water partition coefficient (Wildman–Crippen LogP) is 2.06. The summed E-state index contributed by atoms with van der Waals surface area (Å²) in [6, 6.07) is 4.34. The number of fused-ring (bicyclic) bond motifs is 1. The van der Waals surface area contributed by atoms with Crippen LogP contribution in [-0.4, -0.2) is 47.0 Å². The number of pyridine rings is 1. The number of anilines is 1. The Morgan fingerprint density at radius 3 is 3.00 bits per heavy atom. The fourth-order valence-electron chi connectivity index (χ4n) is 2.95. The third kappa shape index (κ3) is 2.77. The van der Waals surface area contributed by atoms with Gasteiger partial charge in [-0.25, -0.2) is 4.98 Å². The van der Waals surface area contributed by atoms with E-state index in [1.54, 1.807) is 6.20 Å². The standard InChI is InChI=1S/C16H20N4O2/c21-14(11-12-4-5-12)19-7-2-8-20(10-9-19)16-18-15-13(22-16)3-1-6-17-15/h1,3,6,12H,2,4-5,7-11H2. The fourth-order valence-corrected chi connectivity index (χ4v) is 2.95. The van der Waals surface area contributed by atoms with Crippen LogP contribution >= 0.6 is 0 Å². The number of amides is 1. The van der Waals surface area contributed by atoms with Gasteiger partial charge in [-0.1, -0.05) is 0 Å². The van der Waals surface area contributed by atoms with Crippen molar-refractivity contribution in [2.45, 2.75) is 25.7 Å². The first kappa shape index (κ1) is 13.5. The van der Waals surface area contributed by atoms with Crippen molar-refractivity contribution in [3.8, 4) is 0 Å². The van der Waals surface area contributed by atoms with Gasteiger partial charge < -0.3 is 14.2 Å². The van der Waals surface area contributed by atoms with Gasteiger partial charge in [0.05, 0.1) is 0 Å². The van der Waals surface area contributed by atoms with E-state index in [1.807, 2.05) is 17.0 Å². The molecule has 3 heterocycles. The second kappa shape index (κ2) is 5.59. The van der Waals surface area contributed by atoms with Gasteiger partial charge in [0.2, 0.25) is 11.6 Å². The SMILES string of the molecule is O=C(CC1CC1)N1CCCN(c2nc3ncccc3o2)CC1. The summed E-state index contributed by atoms with van der Waals surface area (Å²) in [4.78, 5) is 25.0. The van der Waals surface area contributed by atoms with E-state index in [9.17, 15) is 4.79 Å². The molecule has 1 aliphatic heterocycles. The molecule has 22 heavy (non-hydrogen) atoms. The van der Waals surface area contributed by atoms with Crippen LogP contribution in [0.5, 0.6) is 0 Å². The van der Waals surface area contributed by atoms with E-state index in [0.29, 0.717) is 29.1 Å². The molecular formula is C16H20N4O2. The average molecular weight is 300 g/mol. The summed E-state index contributed by atoms with van der Waals surface area (Å²) in [5.74, 6) is 0.957. The third-order valence-corrected chi connectivity index (χ3v) is 4.43. The summed E-state index contributed by atoms with van der Waals surface area (Å²) < 4.78 is 5.78. The van der Waals surface area contributed by atoms with Gasteiger partial charge in [0.25, 0.3) is 6.01 Å². The monoisotopic (exact) mass is 300 g/mol. The molecule has 0 atom stereocenters. The van der Waals surface area contributed by atoms with Crippen molar-refractivity contribution >= 4 is 23.2 Å². The lowest BCUT2D eigenvalue weighted by Gasteiger charge is -2.21. The zero-order valence-corrected chi connectivity index (χ0v) is 12.6. The van der Waals surface area contributed by atoms with Gasteiger partial charge in [0.15, 0.2) is 5.58 Å². The molecule has 1 saturated carbocycles. The number of aromatic nitrogens is 2. The molecule has 6 heteroatoms. The van der Waals surface area contributed by atoms with Gasteiger partial charge in [0, 0.05) is 38.8 Å². The Labute approximate surface area is 129 Å². The van der Waals surface area contributed by atoms with Gasteiger partial charge in [-0.15, -0.1) is 0 Å². The van der Waals surface area contributed by atoms with Crippen molar-refractivity contribution in [1.29, 1.82) is 0 Å². The number of nitrogens with zero attached hydrogens (tertiary/aromatic N) is 4. The topological polar surface area (TPSA) is 62.5 Å². The highest BCUT2D eigenvalue weighted by Gasteiger charge is 2.28. The minimum atomic E-state index is 0.309. The minimum absolute atomic E-state index is 0.309. The lowest BCUT2D eigenvalue weighted by molar-refractivity contribution is -0.131. The third-order valence-electron chi connectivity index (χ3n) is 4.43. The molecule has 1 saturated heterocycles. The van der Waals surface area contributed by atoms with E-state index in [0.717, 1.165) is 39.0 Å². The Morgan fingerprint density at radius 2 is 2.18 bits per heavy atom. The van der Waals surface area contributed by atoms with Crippen LogP contribution in [0.2, 0.25) is 0 Å². The van der Waals surface area contributed by atoms with Gasteiger partial charge in [-0.3, -0.25) is 4.79 Å². The van der Waals surface area contributed by atoms with Crippen LogP contribution in [0.4, 0.5) is 6.01 Å². The quantitative estimate of drug-likeness (QED) is 0.868. The fraction of sp³-hybridized carbons (Fsp3) is 0.562. The Hall–Kier alpha value is -2.11. The van der Waals surface area contributed by atoms with Gasteiger partial charge in [-0.2, -0.15) is 4.98 Å². The molecule has 2 fully saturated rings. The molecule has 1 aliphatic carbocycles. The number of hydrogen-bond donors (Lipinski definition) is 0. The zero-order valence-electron chi connectivity index (χ0n) is 12.6. The highest BCUT2D eigenvalue weighted by Crippen LogP contribution is 2.33. The molecule has 4 rings (SSSR count). The second-order valence-corrected chi connectivity index (χ2v) is 6.19. The average Bonchev–Trinajstić information content (AvgIpc) is 3.28. The van der Waals surface area contributed by atoms with Crippen LogP contribution in [0.1, 0.15) is 25.7 Å². The summed E-state index contributed by atoms with van der Waals surface area (Å²) in [5.41, 5.74) is 1.35. The zero-order chi connectivity index (χ0) is 14.9. The first-order valence-corrected chi connectivity index (χ1v) is 8.04. The van der Waals surface area contributed by atoms with Crippen LogP contribution in [0.3, 0.4) is 0 Å². The number of carbonyl (C=O) groups is 1. The largest absolute Gasteiger partial charge is 0.422 e. The number of carbonyl (C=O) groups excluding carboxylic acids is 1. The maximum atomic E-state index is 12.2. The Bertz CT molecular complexity index is 647. The molecule has 2 aliphatic rings.